The molecule has 2 N–H and O–H groups in total. The monoisotopic (exact) mass is 270 g/mol. The number of carbonyl (C=O) groups is 2. The van der Waals surface area contributed by atoms with Gasteiger partial charge in [-0.15, -0.1) is 0 Å². The van der Waals surface area contributed by atoms with Crippen molar-refractivity contribution >= 4 is 27.4 Å². The van der Waals surface area contributed by atoms with Crippen molar-refractivity contribution in [1.82, 2.24) is 5.32 Å². The Bertz CT molecular complexity index is 549. The highest BCUT2D eigenvalue weighted by Crippen LogP contribution is 2.11. The molecule has 0 unspecified atom stereocenters. The lowest BCUT2D eigenvalue weighted by Gasteiger charge is -2.07. The van der Waals surface area contributed by atoms with E-state index in [9.17, 15) is 18.0 Å². The van der Waals surface area contributed by atoms with Gasteiger partial charge in [0.1, 0.15) is 11.5 Å². The second-order valence-corrected chi connectivity index (χ2v) is 5.44. The lowest BCUT2D eigenvalue weighted by molar-refractivity contribution is -0.114. The molecule has 0 atom stereocenters. The van der Waals surface area contributed by atoms with Crippen LogP contribution >= 0.6 is 0 Å². The summed E-state index contributed by atoms with van der Waals surface area (Å²) in [6, 6.07) is 5.90. The lowest BCUT2D eigenvalue weighted by atomic mass is 10.2. The summed E-state index contributed by atoms with van der Waals surface area (Å²) >= 11 is 0. The zero-order valence-electron chi connectivity index (χ0n) is 10.1. The summed E-state index contributed by atoms with van der Waals surface area (Å²) in [5.74, 6) is -1.26. The van der Waals surface area contributed by atoms with Gasteiger partial charge >= 0.3 is 0 Å². The third kappa shape index (κ3) is 4.17. The Labute approximate surface area is 105 Å². The van der Waals surface area contributed by atoms with Crippen LogP contribution in [0.4, 0.5) is 5.69 Å². The number of sulfonamides is 1. The van der Waals surface area contributed by atoms with E-state index in [1.54, 1.807) is 0 Å². The maximum atomic E-state index is 11.5. The van der Waals surface area contributed by atoms with Gasteiger partial charge in [0.2, 0.25) is 10.0 Å². The van der Waals surface area contributed by atoms with Crippen LogP contribution in [0, 0.1) is 0 Å². The predicted molar refractivity (Wildman–Crippen MR) is 67.9 cm³/mol. The summed E-state index contributed by atoms with van der Waals surface area (Å²) in [5.41, 5.74) is 0.732. The van der Waals surface area contributed by atoms with Crippen molar-refractivity contribution in [2.45, 2.75) is 6.92 Å². The molecule has 0 aliphatic heterocycles. The van der Waals surface area contributed by atoms with Gasteiger partial charge in [-0.25, -0.2) is 8.42 Å². The van der Waals surface area contributed by atoms with Crippen LogP contribution < -0.4 is 10.0 Å². The minimum Gasteiger partial charge on any atom is -0.355 e. The van der Waals surface area contributed by atoms with Gasteiger partial charge in [-0.1, -0.05) is 0 Å². The van der Waals surface area contributed by atoms with E-state index in [0.29, 0.717) is 11.3 Å². The lowest BCUT2D eigenvalue weighted by Crippen LogP contribution is -2.21. The Kier molecular flexibility index (Phi) is 4.43. The van der Waals surface area contributed by atoms with E-state index in [4.69, 9.17) is 0 Å². The molecule has 1 aromatic carbocycles. The zero-order chi connectivity index (χ0) is 13.8. The fraction of sp³-hybridized carbons (Fsp3) is 0.273. The summed E-state index contributed by atoms with van der Waals surface area (Å²) in [7, 11) is -2.17. The summed E-state index contributed by atoms with van der Waals surface area (Å²) in [6.07, 6.45) is 0. The van der Waals surface area contributed by atoms with Crippen LogP contribution in [-0.4, -0.2) is 32.9 Å². The summed E-state index contributed by atoms with van der Waals surface area (Å²) < 4.78 is 25.2. The second-order valence-electron chi connectivity index (χ2n) is 3.72. The van der Waals surface area contributed by atoms with Gasteiger partial charge in [0.05, 0.1) is 0 Å². The molecule has 1 aromatic rings. The SMILES string of the molecule is CNC(=O)c1ccc(NS(=O)(=O)CC(C)=O)cc1. The third-order valence-electron chi connectivity index (χ3n) is 2.04. The molecule has 0 bridgehead atoms. The molecule has 0 aliphatic carbocycles. The highest BCUT2D eigenvalue weighted by molar-refractivity contribution is 7.93. The topological polar surface area (TPSA) is 92.3 Å². The molecule has 6 nitrogen and oxygen atoms in total. The molecule has 1 rings (SSSR count). The van der Waals surface area contributed by atoms with E-state index >= 15 is 0 Å². The fourth-order valence-corrected chi connectivity index (χ4v) is 2.42. The van der Waals surface area contributed by atoms with Gasteiger partial charge in [-0.05, 0) is 31.2 Å². The van der Waals surface area contributed by atoms with E-state index in [2.05, 4.69) is 10.0 Å². The normalized spacial score (nSPS) is 10.8. The standard InChI is InChI=1S/C11H14N2O4S/c1-8(14)7-18(16,17)13-10-5-3-9(4-6-10)11(15)12-2/h3-6,13H,7H2,1-2H3,(H,12,15). The Balaban J connectivity index is 2.81. The molecular weight excluding hydrogens is 256 g/mol. The quantitative estimate of drug-likeness (QED) is 0.809. The van der Waals surface area contributed by atoms with E-state index in [1.165, 1.54) is 38.2 Å². The number of anilines is 1. The molecule has 98 valence electrons. The molecule has 0 radical (unpaired) electrons. The predicted octanol–water partition coefficient (Wildman–Crippen LogP) is 0.377. The average molecular weight is 270 g/mol. The van der Waals surface area contributed by atoms with Gasteiger partial charge in [0, 0.05) is 18.3 Å². The summed E-state index contributed by atoms with van der Waals surface area (Å²) in [4.78, 5) is 22.0. The number of hydrogen-bond acceptors (Lipinski definition) is 4. The molecule has 0 spiro atoms. The summed E-state index contributed by atoms with van der Waals surface area (Å²) in [5, 5.41) is 2.45. The van der Waals surface area contributed by atoms with Crippen molar-refractivity contribution in [3.63, 3.8) is 0 Å². The second kappa shape index (κ2) is 5.63. The van der Waals surface area contributed by atoms with Crippen LogP contribution in [0.1, 0.15) is 17.3 Å². The number of carbonyl (C=O) groups excluding carboxylic acids is 2. The molecule has 0 heterocycles. The van der Waals surface area contributed by atoms with Crippen molar-refractivity contribution in [2.24, 2.45) is 0 Å². The van der Waals surface area contributed by atoms with Gasteiger partial charge in [-0.3, -0.25) is 14.3 Å². The number of benzene rings is 1. The molecule has 0 saturated heterocycles. The third-order valence-corrected chi connectivity index (χ3v) is 3.37. The van der Waals surface area contributed by atoms with Crippen molar-refractivity contribution in [1.29, 1.82) is 0 Å². The van der Waals surface area contributed by atoms with Gasteiger partial charge in [0.25, 0.3) is 5.91 Å². The van der Waals surface area contributed by atoms with E-state index in [1.807, 2.05) is 0 Å². The summed E-state index contributed by atoms with van der Waals surface area (Å²) in [6.45, 7) is 1.20. The maximum Gasteiger partial charge on any atom is 0.251 e. The first-order chi connectivity index (χ1) is 8.34. The fourth-order valence-electron chi connectivity index (χ4n) is 1.32. The first kappa shape index (κ1) is 14.2. The van der Waals surface area contributed by atoms with Crippen molar-refractivity contribution in [3.05, 3.63) is 29.8 Å². The minimum absolute atomic E-state index is 0.256. The van der Waals surface area contributed by atoms with Gasteiger partial charge in [0.15, 0.2) is 0 Å². The molecule has 0 aliphatic rings. The van der Waals surface area contributed by atoms with Crippen molar-refractivity contribution < 1.29 is 18.0 Å². The van der Waals surface area contributed by atoms with E-state index in [0.717, 1.165) is 0 Å². The van der Waals surface area contributed by atoms with E-state index < -0.39 is 21.6 Å². The number of amides is 1. The molecule has 18 heavy (non-hydrogen) atoms. The number of hydrogen-bond donors (Lipinski definition) is 2. The Morgan fingerprint density at radius 2 is 1.72 bits per heavy atom. The number of rotatable bonds is 5. The number of ketones is 1. The van der Waals surface area contributed by atoms with Crippen LogP contribution in [-0.2, 0) is 14.8 Å². The number of Topliss-reactive ketones (excluding diaryl/α,β-unsaturated/α-hetero) is 1. The molecule has 0 aromatic heterocycles. The highest BCUT2D eigenvalue weighted by Gasteiger charge is 2.13. The molecular formula is C11H14N2O4S. The first-order valence-corrected chi connectivity index (χ1v) is 6.81. The van der Waals surface area contributed by atoms with Crippen LogP contribution in [0.2, 0.25) is 0 Å². The van der Waals surface area contributed by atoms with Gasteiger partial charge < -0.3 is 5.32 Å². The van der Waals surface area contributed by atoms with Crippen LogP contribution in [0.3, 0.4) is 0 Å². The molecule has 0 fully saturated rings. The maximum absolute atomic E-state index is 11.5. The van der Waals surface area contributed by atoms with Crippen LogP contribution in [0.25, 0.3) is 0 Å². The van der Waals surface area contributed by atoms with Crippen molar-refractivity contribution in [2.75, 3.05) is 17.5 Å². The highest BCUT2D eigenvalue weighted by atomic mass is 32.2. The Morgan fingerprint density at radius 1 is 1.17 bits per heavy atom. The van der Waals surface area contributed by atoms with E-state index in [-0.39, 0.29) is 5.91 Å². The largest absolute Gasteiger partial charge is 0.355 e. The van der Waals surface area contributed by atoms with Crippen molar-refractivity contribution in [3.8, 4) is 0 Å². The first-order valence-electron chi connectivity index (χ1n) is 5.16. The zero-order valence-corrected chi connectivity index (χ0v) is 10.9. The smallest absolute Gasteiger partial charge is 0.251 e. The van der Waals surface area contributed by atoms with Gasteiger partial charge in [-0.2, -0.15) is 0 Å². The van der Waals surface area contributed by atoms with Crippen LogP contribution in [0.15, 0.2) is 24.3 Å². The van der Waals surface area contributed by atoms with Crippen LogP contribution in [0.5, 0.6) is 0 Å². The Morgan fingerprint density at radius 3 is 2.17 bits per heavy atom. The Hall–Kier alpha value is -1.89. The molecule has 1 amide bonds. The molecule has 7 heteroatoms. The average Bonchev–Trinajstić information content (AvgIpc) is 2.26. The molecule has 0 saturated carbocycles. The number of nitrogens with one attached hydrogen (secondary N) is 2. The minimum atomic E-state index is -3.67.